The largest absolute Gasteiger partial charge is 0.490 e. The molecule has 0 saturated heterocycles. The maximum Gasteiger partial charge on any atom is 0.342 e. The van der Waals surface area contributed by atoms with E-state index >= 15 is 0 Å². The molecule has 3 N–H and O–H groups in total. The van der Waals surface area contributed by atoms with Gasteiger partial charge in [0.2, 0.25) is 0 Å². The molecular formula is C17H20N2O4. The summed E-state index contributed by atoms with van der Waals surface area (Å²) in [6.07, 6.45) is 0. The summed E-state index contributed by atoms with van der Waals surface area (Å²) >= 11 is 0. The number of benzene rings is 2. The van der Waals surface area contributed by atoms with E-state index in [2.05, 4.69) is 5.32 Å². The number of hydrogen-bond donors (Lipinski definition) is 3. The molecule has 2 aromatic carbocycles. The second-order valence-corrected chi connectivity index (χ2v) is 5.06. The third-order valence-electron chi connectivity index (χ3n) is 3.16. The summed E-state index contributed by atoms with van der Waals surface area (Å²) in [5, 5.41) is 10.9. The summed E-state index contributed by atoms with van der Waals surface area (Å²) in [5.74, 6) is 1.53. The number of urea groups is 1. The zero-order chi connectivity index (χ0) is 16.7. The Balaban J connectivity index is 1.81. The van der Waals surface area contributed by atoms with Crippen LogP contribution in [0.15, 0.2) is 42.5 Å². The standard InChI is InChI=1S/C17H20N2O4/c1-12-3-6-15(7-4-12)22-9-10-23-16-8-5-14(11-13(16)2)18-17(20)19-21/h3-8,11,21H,9-10H2,1-2H3,(H2,18,19,20). The Hall–Kier alpha value is -2.73. The molecule has 23 heavy (non-hydrogen) atoms. The van der Waals surface area contributed by atoms with Crippen molar-refractivity contribution in [1.82, 2.24) is 5.48 Å². The normalized spacial score (nSPS) is 10.0. The summed E-state index contributed by atoms with van der Waals surface area (Å²) in [5.41, 5.74) is 4.14. The van der Waals surface area contributed by atoms with Gasteiger partial charge in [-0.1, -0.05) is 17.7 Å². The van der Waals surface area contributed by atoms with Crippen molar-refractivity contribution in [3.05, 3.63) is 53.6 Å². The van der Waals surface area contributed by atoms with Crippen LogP contribution in [0.25, 0.3) is 0 Å². The van der Waals surface area contributed by atoms with Gasteiger partial charge >= 0.3 is 6.03 Å². The lowest BCUT2D eigenvalue weighted by atomic mass is 10.2. The van der Waals surface area contributed by atoms with Gasteiger partial charge in [0.05, 0.1) is 0 Å². The Bertz CT molecular complexity index is 656. The SMILES string of the molecule is Cc1ccc(OCCOc2ccc(NC(=O)NO)cc2C)cc1. The summed E-state index contributed by atoms with van der Waals surface area (Å²) < 4.78 is 11.3. The molecule has 0 heterocycles. The first-order chi connectivity index (χ1) is 11.1. The van der Waals surface area contributed by atoms with Crippen LogP contribution in [0, 0.1) is 13.8 Å². The number of carbonyl (C=O) groups excluding carboxylic acids is 1. The lowest BCUT2D eigenvalue weighted by molar-refractivity contribution is 0.172. The molecule has 0 aliphatic rings. The van der Waals surface area contributed by atoms with Crippen LogP contribution in [0.2, 0.25) is 0 Å². The first kappa shape index (κ1) is 16.6. The lowest BCUT2D eigenvalue weighted by Crippen LogP contribution is -2.25. The summed E-state index contributed by atoms with van der Waals surface area (Å²) in [4.78, 5) is 11.0. The monoisotopic (exact) mass is 316 g/mol. The van der Waals surface area contributed by atoms with Gasteiger partial charge in [0.1, 0.15) is 24.7 Å². The van der Waals surface area contributed by atoms with Crippen LogP contribution in [0.1, 0.15) is 11.1 Å². The molecule has 6 heteroatoms. The van der Waals surface area contributed by atoms with Gasteiger partial charge in [-0.3, -0.25) is 5.21 Å². The van der Waals surface area contributed by atoms with Crippen molar-refractivity contribution in [3.63, 3.8) is 0 Å². The number of carbonyl (C=O) groups is 1. The van der Waals surface area contributed by atoms with Gasteiger partial charge in [-0.05, 0) is 49.7 Å². The molecule has 0 unspecified atom stereocenters. The molecule has 122 valence electrons. The molecular weight excluding hydrogens is 296 g/mol. The molecule has 0 atom stereocenters. The Morgan fingerprint density at radius 1 is 1.04 bits per heavy atom. The van der Waals surface area contributed by atoms with E-state index in [1.54, 1.807) is 18.2 Å². The van der Waals surface area contributed by atoms with E-state index in [4.69, 9.17) is 14.7 Å². The van der Waals surface area contributed by atoms with E-state index in [1.165, 1.54) is 11.0 Å². The highest BCUT2D eigenvalue weighted by Gasteiger charge is 2.04. The van der Waals surface area contributed by atoms with Crippen molar-refractivity contribution in [3.8, 4) is 11.5 Å². The van der Waals surface area contributed by atoms with Crippen molar-refractivity contribution < 1.29 is 19.5 Å². The maximum atomic E-state index is 11.0. The molecule has 2 amide bonds. The topological polar surface area (TPSA) is 79.8 Å². The Kier molecular flexibility index (Phi) is 5.82. The minimum absolute atomic E-state index is 0.415. The van der Waals surface area contributed by atoms with Crippen LogP contribution in [0.4, 0.5) is 10.5 Å². The van der Waals surface area contributed by atoms with E-state index in [0.717, 1.165) is 11.3 Å². The van der Waals surface area contributed by atoms with Gasteiger partial charge in [0.15, 0.2) is 0 Å². The minimum atomic E-state index is -0.690. The molecule has 0 saturated carbocycles. The first-order valence-electron chi connectivity index (χ1n) is 7.22. The van der Waals surface area contributed by atoms with Crippen molar-refractivity contribution in [1.29, 1.82) is 0 Å². The van der Waals surface area contributed by atoms with Gasteiger partial charge in [-0.25, -0.2) is 10.3 Å². The average molecular weight is 316 g/mol. The van der Waals surface area contributed by atoms with Crippen molar-refractivity contribution in [2.24, 2.45) is 0 Å². The van der Waals surface area contributed by atoms with Crippen molar-refractivity contribution in [2.75, 3.05) is 18.5 Å². The van der Waals surface area contributed by atoms with Crippen LogP contribution in [-0.2, 0) is 0 Å². The van der Waals surface area contributed by atoms with Gasteiger partial charge < -0.3 is 14.8 Å². The highest BCUT2D eigenvalue weighted by Crippen LogP contribution is 2.22. The second kappa shape index (κ2) is 8.05. The fraction of sp³-hybridized carbons (Fsp3) is 0.235. The van der Waals surface area contributed by atoms with E-state index in [1.807, 2.05) is 38.1 Å². The minimum Gasteiger partial charge on any atom is -0.490 e. The Morgan fingerprint density at radius 3 is 2.39 bits per heavy atom. The first-order valence-corrected chi connectivity index (χ1v) is 7.22. The molecule has 2 aromatic rings. The third kappa shape index (κ3) is 5.19. The fourth-order valence-corrected chi connectivity index (χ4v) is 1.99. The molecule has 0 spiro atoms. The Morgan fingerprint density at radius 2 is 1.74 bits per heavy atom. The van der Waals surface area contributed by atoms with Gasteiger partial charge in [-0.15, -0.1) is 0 Å². The van der Waals surface area contributed by atoms with Crippen molar-refractivity contribution >= 4 is 11.7 Å². The molecule has 0 aliphatic heterocycles. The van der Waals surface area contributed by atoms with E-state index in [-0.39, 0.29) is 0 Å². The van der Waals surface area contributed by atoms with Gasteiger partial charge in [0.25, 0.3) is 0 Å². The third-order valence-corrected chi connectivity index (χ3v) is 3.16. The molecule has 0 bridgehead atoms. The maximum absolute atomic E-state index is 11.0. The van der Waals surface area contributed by atoms with Crippen LogP contribution in [0.5, 0.6) is 11.5 Å². The number of nitrogens with one attached hydrogen (secondary N) is 2. The van der Waals surface area contributed by atoms with E-state index < -0.39 is 6.03 Å². The number of ether oxygens (including phenoxy) is 2. The van der Waals surface area contributed by atoms with Gasteiger partial charge in [0, 0.05) is 5.69 Å². The van der Waals surface area contributed by atoms with E-state index in [0.29, 0.717) is 24.7 Å². The number of anilines is 1. The molecule has 0 aliphatic carbocycles. The van der Waals surface area contributed by atoms with Gasteiger partial charge in [-0.2, -0.15) is 0 Å². The number of aryl methyl sites for hydroxylation is 2. The molecule has 0 radical (unpaired) electrons. The van der Waals surface area contributed by atoms with Crippen LogP contribution in [-0.4, -0.2) is 24.5 Å². The number of hydroxylamine groups is 1. The van der Waals surface area contributed by atoms with Crippen molar-refractivity contribution in [2.45, 2.75) is 13.8 Å². The number of hydrogen-bond acceptors (Lipinski definition) is 4. The quantitative estimate of drug-likeness (QED) is 0.434. The predicted molar refractivity (Wildman–Crippen MR) is 87.3 cm³/mol. The summed E-state index contributed by atoms with van der Waals surface area (Å²) in [7, 11) is 0. The molecule has 0 aromatic heterocycles. The van der Waals surface area contributed by atoms with E-state index in [9.17, 15) is 4.79 Å². The Labute approximate surface area is 135 Å². The summed E-state index contributed by atoms with van der Waals surface area (Å²) in [6, 6.07) is 12.4. The molecule has 0 fully saturated rings. The second-order valence-electron chi connectivity index (χ2n) is 5.06. The number of rotatable bonds is 6. The lowest BCUT2D eigenvalue weighted by Gasteiger charge is -2.12. The molecule has 2 rings (SSSR count). The van der Waals surface area contributed by atoms with Crippen LogP contribution in [0.3, 0.4) is 0 Å². The summed E-state index contributed by atoms with van der Waals surface area (Å²) in [6.45, 7) is 4.75. The number of amides is 2. The average Bonchev–Trinajstić information content (AvgIpc) is 2.54. The predicted octanol–water partition coefficient (Wildman–Crippen LogP) is 3.27. The smallest absolute Gasteiger partial charge is 0.342 e. The fourth-order valence-electron chi connectivity index (χ4n) is 1.99. The zero-order valence-electron chi connectivity index (χ0n) is 13.1. The highest BCUT2D eigenvalue weighted by molar-refractivity contribution is 5.88. The van der Waals surface area contributed by atoms with Crippen LogP contribution >= 0.6 is 0 Å². The highest BCUT2D eigenvalue weighted by atomic mass is 16.5. The molecule has 6 nitrogen and oxygen atoms in total. The van der Waals surface area contributed by atoms with Crippen LogP contribution < -0.4 is 20.3 Å². The zero-order valence-corrected chi connectivity index (χ0v) is 13.1.